The van der Waals surface area contributed by atoms with Gasteiger partial charge in [0.15, 0.2) is 31.5 Å². The minimum Gasteiger partial charge on any atom is -0.481 e. The predicted octanol–water partition coefficient (Wildman–Crippen LogP) is -1.98. The number of ether oxygens (including phenoxy) is 10. The van der Waals surface area contributed by atoms with Gasteiger partial charge in [-0.05, 0) is 117 Å². The van der Waals surface area contributed by atoms with Gasteiger partial charge < -0.3 is 124 Å². The van der Waals surface area contributed by atoms with Crippen LogP contribution in [0.1, 0.15) is 120 Å². The number of hydrogen-bond acceptors (Lipinski definition) is 25. The molecule has 33 atom stereocenters. The van der Waals surface area contributed by atoms with Gasteiger partial charge in [-0.2, -0.15) is 0 Å². The normalized spacial score (nSPS) is 55.3. The summed E-state index contributed by atoms with van der Waals surface area (Å²) in [5, 5.41) is 166. The van der Waals surface area contributed by atoms with Crippen LogP contribution in [-0.4, -0.2) is 263 Å². The molecule has 0 amide bonds. The second kappa shape index (κ2) is 24.4. The van der Waals surface area contributed by atoms with Crippen molar-refractivity contribution in [2.45, 2.75) is 273 Å². The highest BCUT2D eigenvalue weighted by molar-refractivity contribution is 5.76. The molecule has 26 heteroatoms. The second-order valence-corrected chi connectivity index (χ2v) is 28.5. The van der Waals surface area contributed by atoms with Crippen LogP contribution in [0.15, 0.2) is 11.6 Å². The Labute approximate surface area is 494 Å². The number of fused-ring (bicyclic) bond motifs is 7. The largest absolute Gasteiger partial charge is 0.481 e. The Morgan fingerprint density at radius 3 is 1.74 bits per heavy atom. The lowest BCUT2D eigenvalue weighted by Crippen LogP contribution is -2.68. The summed E-state index contributed by atoms with van der Waals surface area (Å²) in [7, 11) is 0. The Morgan fingerprint density at radius 2 is 1.09 bits per heavy atom. The molecule has 0 bridgehead atoms. The van der Waals surface area contributed by atoms with E-state index in [4.69, 9.17) is 47.4 Å². The van der Waals surface area contributed by atoms with Crippen molar-refractivity contribution in [2.24, 2.45) is 50.2 Å². The number of aliphatic carboxylic acids is 1. The minimum atomic E-state index is -2.13. The second-order valence-electron chi connectivity index (χ2n) is 28.5. The van der Waals surface area contributed by atoms with Crippen LogP contribution >= 0.6 is 0 Å². The van der Waals surface area contributed by atoms with E-state index in [0.29, 0.717) is 25.7 Å². The number of carboxylic acid groups (broad SMARTS) is 1. The first-order valence-corrected chi connectivity index (χ1v) is 30.6. The summed E-state index contributed by atoms with van der Waals surface area (Å²) in [6.45, 7) is 13.9. The van der Waals surface area contributed by atoms with Crippen LogP contribution in [-0.2, 0) is 52.2 Å². The Hall–Kier alpha value is -1.75. The zero-order valence-corrected chi connectivity index (χ0v) is 49.8. The first-order valence-electron chi connectivity index (χ1n) is 30.6. The number of carbonyl (C=O) groups is 1. The van der Waals surface area contributed by atoms with Gasteiger partial charge in [-0.3, -0.25) is 4.79 Å². The molecule has 0 radical (unpaired) electrons. The van der Waals surface area contributed by atoms with Gasteiger partial charge in [-0.15, -0.1) is 0 Å². The van der Waals surface area contributed by atoms with Crippen LogP contribution in [0, 0.1) is 50.2 Å². The molecule has 10 aliphatic rings. The van der Waals surface area contributed by atoms with Crippen LogP contribution in [0.5, 0.6) is 0 Å². The third kappa shape index (κ3) is 11.0. The number of allylic oxidation sites excluding steroid dienone is 2. The van der Waals surface area contributed by atoms with E-state index < -0.39 is 184 Å². The molecule has 0 spiro atoms. The van der Waals surface area contributed by atoms with Gasteiger partial charge in [0, 0.05) is 5.41 Å². The molecular formula is C59H96O26. The molecule has 15 N–H and O–H groups in total. The molecule has 5 heterocycles. The molecule has 4 saturated carbocycles. The van der Waals surface area contributed by atoms with Crippen LogP contribution in [0.2, 0.25) is 0 Å². The van der Waals surface area contributed by atoms with Crippen molar-refractivity contribution in [3.63, 3.8) is 0 Å². The van der Waals surface area contributed by atoms with Crippen molar-refractivity contribution in [1.29, 1.82) is 0 Å². The van der Waals surface area contributed by atoms with Gasteiger partial charge in [0.25, 0.3) is 0 Å². The summed E-state index contributed by atoms with van der Waals surface area (Å²) < 4.78 is 60.7. The van der Waals surface area contributed by atoms with E-state index >= 15 is 0 Å². The number of hydrogen-bond donors (Lipinski definition) is 15. The minimum absolute atomic E-state index is 0.0156. The maximum atomic E-state index is 13.2. The fourth-order valence-electron chi connectivity index (χ4n) is 17.7. The van der Waals surface area contributed by atoms with Gasteiger partial charge >= 0.3 is 5.97 Å². The van der Waals surface area contributed by atoms with E-state index in [1.165, 1.54) is 19.4 Å². The molecule has 0 aromatic rings. The molecule has 9 fully saturated rings. The Balaban J connectivity index is 0.868. The summed E-state index contributed by atoms with van der Waals surface area (Å²) in [5.74, 6) is -0.617. The number of rotatable bonds is 14. The zero-order valence-electron chi connectivity index (χ0n) is 49.8. The van der Waals surface area contributed by atoms with Crippen molar-refractivity contribution in [3.8, 4) is 0 Å². The maximum Gasteiger partial charge on any atom is 0.310 e. The van der Waals surface area contributed by atoms with Gasteiger partial charge in [0.1, 0.15) is 104 Å². The standard InChI is InChI=1S/C59H96O26/c1-24-34(64)38(68)40(70)48(77-24)84-46-43(73)51(80-30(21-61)44(46)82-49-41(71)39(69)37(67)29(20-60)79-49)83-45-35(65)25(2)78-50(42(45)72)85-47-36(66)28(63)22-76-52(47)81-33-12-13-55(5)31(56(33,6)23-62)11-14-58(8)32(55)10-9-26-27-19-54(3,4)15-17-59(27,53(74)75)18-16-57(26,58)7/h9,24-25,27-52,60-73H,10-23H2,1-8H3,(H,74,75)/t24-,25-,27?,28-,29+,30+,31?,32?,33?,34-,35-,36-,37+,38+,39-,40+,41+,42+,43+,44+,45+,46+,47+,48-,49-,50-,51-,52-,55?,56?,57?,58?,59?/m0/s1. The zero-order chi connectivity index (χ0) is 62.0. The molecule has 488 valence electrons. The lowest BCUT2D eigenvalue weighted by molar-refractivity contribution is -0.403. The van der Waals surface area contributed by atoms with E-state index in [2.05, 4.69) is 40.7 Å². The molecule has 26 nitrogen and oxygen atoms in total. The molecule has 9 unspecified atom stereocenters. The monoisotopic (exact) mass is 1220 g/mol. The van der Waals surface area contributed by atoms with E-state index in [-0.39, 0.29) is 52.6 Å². The maximum absolute atomic E-state index is 13.2. The van der Waals surface area contributed by atoms with Crippen LogP contribution in [0.3, 0.4) is 0 Å². The quantitative estimate of drug-likeness (QED) is 0.0662. The fraction of sp³-hybridized carbons (Fsp3) is 0.949. The molecule has 5 aliphatic heterocycles. The topological polar surface area (TPSA) is 413 Å². The molecule has 5 saturated heterocycles. The van der Waals surface area contributed by atoms with E-state index in [1.807, 2.05) is 6.92 Å². The average molecular weight is 1220 g/mol. The van der Waals surface area contributed by atoms with Crippen molar-refractivity contribution < 1.29 is 129 Å². The molecule has 85 heavy (non-hydrogen) atoms. The average Bonchev–Trinajstić information content (AvgIpc) is 0.684. The lowest BCUT2D eigenvalue weighted by atomic mass is 9.33. The molecule has 10 rings (SSSR count). The van der Waals surface area contributed by atoms with Crippen LogP contribution in [0.25, 0.3) is 0 Å². The van der Waals surface area contributed by atoms with Crippen molar-refractivity contribution >= 4 is 5.97 Å². The Kier molecular flexibility index (Phi) is 19.0. The number of carboxylic acids is 1. The molecule has 0 aromatic carbocycles. The fourth-order valence-corrected chi connectivity index (χ4v) is 17.7. The van der Waals surface area contributed by atoms with Crippen LogP contribution in [0.4, 0.5) is 0 Å². The molecular weight excluding hydrogens is 1120 g/mol. The van der Waals surface area contributed by atoms with Crippen molar-refractivity contribution in [2.75, 3.05) is 26.4 Å². The highest BCUT2D eigenvalue weighted by Gasteiger charge is 2.70. The molecule has 0 aromatic heterocycles. The highest BCUT2D eigenvalue weighted by atomic mass is 16.8. The van der Waals surface area contributed by atoms with Gasteiger partial charge in [0.2, 0.25) is 0 Å². The third-order valence-corrected chi connectivity index (χ3v) is 23.3. The van der Waals surface area contributed by atoms with E-state index in [9.17, 15) is 81.4 Å². The summed E-state index contributed by atoms with van der Waals surface area (Å²) in [4.78, 5) is 13.2. The summed E-state index contributed by atoms with van der Waals surface area (Å²) in [5.41, 5.74) is -1.04. The Bertz CT molecular complexity index is 2370. The number of aliphatic hydroxyl groups excluding tert-OH is 14. The summed E-state index contributed by atoms with van der Waals surface area (Å²) in [6, 6.07) is 0. The Morgan fingerprint density at radius 1 is 0.541 bits per heavy atom. The first-order chi connectivity index (χ1) is 39.9. The van der Waals surface area contributed by atoms with E-state index in [0.717, 1.165) is 38.5 Å². The number of aliphatic hydroxyl groups is 14. The first kappa shape index (κ1) is 66.2. The highest BCUT2D eigenvalue weighted by Crippen LogP contribution is 2.76. The van der Waals surface area contributed by atoms with Gasteiger partial charge in [-0.1, -0.05) is 53.2 Å². The lowest BCUT2D eigenvalue weighted by Gasteiger charge is -2.71. The summed E-state index contributed by atoms with van der Waals surface area (Å²) >= 11 is 0. The van der Waals surface area contributed by atoms with Gasteiger partial charge in [-0.25, -0.2) is 0 Å². The molecule has 5 aliphatic carbocycles. The predicted molar refractivity (Wildman–Crippen MR) is 288 cm³/mol. The van der Waals surface area contributed by atoms with Crippen molar-refractivity contribution in [1.82, 2.24) is 0 Å². The smallest absolute Gasteiger partial charge is 0.310 e. The van der Waals surface area contributed by atoms with Gasteiger partial charge in [0.05, 0.1) is 50.2 Å². The van der Waals surface area contributed by atoms with Crippen molar-refractivity contribution in [3.05, 3.63) is 11.6 Å². The SMILES string of the molecule is C[C@@H]1O[C@@H](O[C@@H]2[C@@H](O)[C@H](O[C@@H]3[C@@H](O)[C@H](C)O[C@@H](O[C@H]4[C@H](OC5CCC6(C)C(CCC7(C)C6CC=C6C8CC(C)(C)CCC8(C(=O)O)CCC67C)C5(C)CO)OC[C@H](O)[C@@H]4O)[C@@H]3O)O[C@H](CO)[C@H]2O[C@@H]2O[C@H](CO)[C@@H](O)[C@H](O)[C@H]2O)[C@H](O)[C@H](O)[C@H]1O. The summed E-state index contributed by atoms with van der Waals surface area (Å²) in [6.07, 6.45) is -32.8. The van der Waals surface area contributed by atoms with E-state index in [1.54, 1.807) is 0 Å². The van der Waals surface area contributed by atoms with Crippen LogP contribution < -0.4 is 0 Å². The third-order valence-electron chi connectivity index (χ3n) is 23.3.